The summed E-state index contributed by atoms with van der Waals surface area (Å²) in [7, 11) is 1.66. The van der Waals surface area contributed by atoms with Crippen LogP contribution in [-0.2, 0) is 0 Å². The molecule has 0 amide bonds. The van der Waals surface area contributed by atoms with Crippen molar-refractivity contribution in [2.45, 2.75) is 0 Å². The molecule has 0 aromatic heterocycles. The number of ether oxygens (including phenoxy) is 1. The first kappa shape index (κ1) is 15.0. The fourth-order valence-corrected chi connectivity index (χ4v) is 2.76. The van der Waals surface area contributed by atoms with E-state index in [9.17, 15) is 0 Å². The van der Waals surface area contributed by atoms with E-state index in [1.807, 2.05) is 48.5 Å². The highest BCUT2D eigenvalue weighted by molar-refractivity contribution is 6.45. The van der Waals surface area contributed by atoms with E-state index in [1.165, 1.54) is 0 Å². The number of halogens is 2. The quantitative estimate of drug-likeness (QED) is 0.511. The summed E-state index contributed by atoms with van der Waals surface area (Å²) >= 11 is 12.4. The molecule has 1 nitrogen and oxygen atoms in total. The lowest BCUT2D eigenvalue weighted by molar-refractivity contribution is 0.415. The lowest BCUT2D eigenvalue weighted by atomic mass is 10.0. The van der Waals surface area contributed by atoms with Gasteiger partial charge in [-0.3, -0.25) is 0 Å². The van der Waals surface area contributed by atoms with Gasteiger partial charge < -0.3 is 4.74 Å². The summed E-state index contributed by atoms with van der Waals surface area (Å²) in [5.41, 5.74) is 2.21. The molecule has 0 saturated carbocycles. The summed E-state index contributed by atoms with van der Waals surface area (Å²) in [5.74, 6) is 0.851. The van der Waals surface area contributed by atoms with Gasteiger partial charge in [0.05, 0.1) is 17.2 Å². The number of hydrogen-bond donors (Lipinski definition) is 0. The molecule has 0 bridgehead atoms. The van der Waals surface area contributed by atoms with Gasteiger partial charge in [-0.15, -0.1) is 0 Å². The van der Waals surface area contributed by atoms with Crippen molar-refractivity contribution in [3.63, 3.8) is 0 Å². The van der Waals surface area contributed by atoms with Crippen molar-refractivity contribution >= 4 is 46.1 Å². The molecule has 3 heteroatoms. The maximum atomic E-state index is 6.28. The van der Waals surface area contributed by atoms with Gasteiger partial charge in [-0.1, -0.05) is 71.8 Å². The molecule has 0 radical (unpaired) electrons. The molecule has 0 saturated heterocycles. The Morgan fingerprint density at radius 2 is 1.59 bits per heavy atom. The fraction of sp³-hybridized carbons (Fsp3) is 0.0526. The Hall–Kier alpha value is -1.96. The van der Waals surface area contributed by atoms with E-state index < -0.39 is 0 Å². The first-order valence-corrected chi connectivity index (χ1v) is 7.63. The largest absolute Gasteiger partial charge is 0.497 e. The topological polar surface area (TPSA) is 9.23 Å². The molecule has 3 rings (SSSR count). The third-order valence-electron chi connectivity index (χ3n) is 3.55. The second kappa shape index (κ2) is 6.43. The Kier molecular flexibility index (Phi) is 4.37. The Labute approximate surface area is 139 Å². The second-order valence-corrected chi connectivity index (χ2v) is 5.70. The third-order valence-corrected chi connectivity index (χ3v) is 4.37. The molecule has 0 aliphatic heterocycles. The molecule has 0 spiro atoms. The highest BCUT2D eigenvalue weighted by Gasteiger charge is 2.05. The van der Waals surface area contributed by atoms with E-state index in [-0.39, 0.29) is 0 Å². The van der Waals surface area contributed by atoms with Gasteiger partial charge in [0.25, 0.3) is 0 Å². The maximum Gasteiger partial charge on any atom is 0.118 e. The van der Waals surface area contributed by atoms with Crippen LogP contribution in [0.5, 0.6) is 5.75 Å². The van der Waals surface area contributed by atoms with Crippen LogP contribution < -0.4 is 4.74 Å². The van der Waals surface area contributed by atoms with Gasteiger partial charge in [0.2, 0.25) is 0 Å². The van der Waals surface area contributed by atoms with Crippen molar-refractivity contribution in [3.8, 4) is 5.75 Å². The van der Waals surface area contributed by atoms with Crippen molar-refractivity contribution in [2.24, 2.45) is 0 Å². The van der Waals surface area contributed by atoms with Gasteiger partial charge in [-0.2, -0.15) is 0 Å². The van der Waals surface area contributed by atoms with Gasteiger partial charge in [-0.05, 0) is 34.7 Å². The highest BCUT2D eigenvalue weighted by atomic mass is 35.5. The second-order valence-electron chi connectivity index (χ2n) is 4.91. The Morgan fingerprint density at radius 1 is 0.818 bits per heavy atom. The van der Waals surface area contributed by atoms with Crippen LogP contribution in [0.1, 0.15) is 11.1 Å². The molecule has 0 heterocycles. The van der Waals surface area contributed by atoms with Crippen molar-refractivity contribution in [1.29, 1.82) is 0 Å². The highest BCUT2D eigenvalue weighted by Crippen LogP contribution is 2.32. The maximum absolute atomic E-state index is 6.28. The van der Waals surface area contributed by atoms with Gasteiger partial charge in [0, 0.05) is 5.39 Å². The minimum absolute atomic E-state index is 0.574. The Bertz CT molecular complexity index is 836. The van der Waals surface area contributed by atoms with E-state index in [0.29, 0.717) is 10.0 Å². The number of methoxy groups -OCH3 is 1. The van der Waals surface area contributed by atoms with Gasteiger partial charge in [-0.25, -0.2) is 0 Å². The van der Waals surface area contributed by atoms with Crippen LogP contribution in [0, 0.1) is 0 Å². The van der Waals surface area contributed by atoms with E-state index in [4.69, 9.17) is 27.9 Å². The summed E-state index contributed by atoms with van der Waals surface area (Å²) in [6, 6.07) is 17.8. The average Bonchev–Trinajstić information content (AvgIpc) is 2.57. The predicted octanol–water partition coefficient (Wildman–Crippen LogP) is 6.33. The lowest BCUT2D eigenvalue weighted by Gasteiger charge is -2.06. The average molecular weight is 329 g/mol. The molecule has 0 aliphatic carbocycles. The minimum Gasteiger partial charge on any atom is -0.497 e. The Morgan fingerprint density at radius 3 is 2.32 bits per heavy atom. The lowest BCUT2D eigenvalue weighted by Crippen LogP contribution is -1.82. The van der Waals surface area contributed by atoms with Crippen molar-refractivity contribution in [2.75, 3.05) is 7.11 Å². The predicted molar refractivity (Wildman–Crippen MR) is 95.9 cm³/mol. The standard InChI is InChI=1S/C19H14Cl2O/c1-22-15-9-6-13(7-10-15)5-8-14-3-2-4-17-16(14)11-12-18(20)19(17)21/h2-12H,1H3. The molecule has 3 aromatic carbocycles. The van der Waals surface area contributed by atoms with Gasteiger partial charge >= 0.3 is 0 Å². The van der Waals surface area contributed by atoms with Crippen molar-refractivity contribution in [3.05, 3.63) is 75.8 Å². The van der Waals surface area contributed by atoms with Crippen LogP contribution in [0.25, 0.3) is 22.9 Å². The summed E-state index contributed by atoms with van der Waals surface area (Å²) in [5, 5.41) is 3.22. The van der Waals surface area contributed by atoms with E-state index >= 15 is 0 Å². The summed E-state index contributed by atoms with van der Waals surface area (Å²) in [6.07, 6.45) is 4.14. The van der Waals surface area contributed by atoms with Crippen LogP contribution in [-0.4, -0.2) is 7.11 Å². The monoisotopic (exact) mass is 328 g/mol. The number of rotatable bonds is 3. The number of fused-ring (bicyclic) bond motifs is 1. The molecular weight excluding hydrogens is 315 g/mol. The normalized spacial score (nSPS) is 11.2. The van der Waals surface area contributed by atoms with Gasteiger partial charge in [0.15, 0.2) is 0 Å². The number of benzene rings is 3. The zero-order chi connectivity index (χ0) is 15.5. The number of hydrogen-bond acceptors (Lipinski definition) is 1. The molecule has 0 N–H and O–H groups in total. The third kappa shape index (κ3) is 2.96. The zero-order valence-electron chi connectivity index (χ0n) is 12.0. The van der Waals surface area contributed by atoms with E-state index in [2.05, 4.69) is 18.2 Å². The van der Waals surface area contributed by atoms with Crippen molar-refractivity contribution in [1.82, 2.24) is 0 Å². The first-order chi connectivity index (χ1) is 10.7. The van der Waals surface area contributed by atoms with Crippen LogP contribution in [0.3, 0.4) is 0 Å². The summed E-state index contributed by atoms with van der Waals surface area (Å²) in [4.78, 5) is 0. The molecule has 0 unspecified atom stereocenters. The SMILES string of the molecule is COc1ccc(C=Cc2cccc3c(Cl)c(Cl)ccc23)cc1. The summed E-state index contributed by atoms with van der Waals surface area (Å²) in [6.45, 7) is 0. The van der Waals surface area contributed by atoms with E-state index in [1.54, 1.807) is 7.11 Å². The zero-order valence-corrected chi connectivity index (χ0v) is 13.5. The fourth-order valence-electron chi connectivity index (χ4n) is 2.37. The van der Waals surface area contributed by atoms with Crippen LogP contribution in [0.15, 0.2) is 54.6 Å². The molecule has 3 aromatic rings. The molecular formula is C19H14Cl2O. The smallest absolute Gasteiger partial charge is 0.118 e. The molecule has 110 valence electrons. The first-order valence-electron chi connectivity index (χ1n) is 6.88. The summed E-state index contributed by atoms with van der Waals surface area (Å²) < 4.78 is 5.16. The van der Waals surface area contributed by atoms with Gasteiger partial charge in [0.1, 0.15) is 5.75 Å². The molecule has 0 atom stereocenters. The Balaban J connectivity index is 1.99. The van der Waals surface area contributed by atoms with Crippen molar-refractivity contribution < 1.29 is 4.74 Å². The molecule has 22 heavy (non-hydrogen) atoms. The molecule has 0 fully saturated rings. The minimum atomic E-state index is 0.574. The van der Waals surface area contributed by atoms with Crippen LogP contribution >= 0.6 is 23.2 Å². The van der Waals surface area contributed by atoms with Crippen LogP contribution in [0.2, 0.25) is 10.0 Å². The van der Waals surface area contributed by atoms with E-state index in [0.717, 1.165) is 27.6 Å². The van der Waals surface area contributed by atoms with Crippen LogP contribution in [0.4, 0.5) is 0 Å². The molecule has 0 aliphatic rings.